The lowest BCUT2D eigenvalue weighted by Gasteiger charge is -2.11. The van der Waals surface area contributed by atoms with Crippen LogP contribution < -0.4 is 4.72 Å². The number of sulfonamides is 1. The Labute approximate surface area is 116 Å². The second kappa shape index (κ2) is 5.56. The molecule has 106 valence electrons. The number of rotatable bonds is 6. The van der Waals surface area contributed by atoms with E-state index < -0.39 is 26.7 Å². The molecule has 0 saturated heterocycles. The third-order valence-electron chi connectivity index (χ3n) is 3.07. The summed E-state index contributed by atoms with van der Waals surface area (Å²) in [5.74, 6) is -0.449. The maximum absolute atomic E-state index is 12.0. The van der Waals surface area contributed by atoms with E-state index in [0.29, 0.717) is 0 Å². The number of benzene rings is 1. The topological polar surface area (TPSA) is 113 Å². The lowest BCUT2D eigenvalue weighted by molar-refractivity contribution is -0.385. The van der Waals surface area contributed by atoms with Crippen molar-refractivity contribution >= 4 is 15.7 Å². The van der Waals surface area contributed by atoms with Gasteiger partial charge >= 0.3 is 0 Å². The van der Waals surface area contributed by atoms with Gasteiger partial charge in [0, 0.05) is 11.6 Å². The van der Waals surface area contributed by atoms with Crippen molar-refractivity contribution < 1.29 is 13.3 Å². The van der Waals surface area contributed by atoms with Crippen LogP contribution in [0.4, 0.5) is 5.69 Å². The van der Waals surface area contributed by atoms with E-state index in [9.17, 15) is 18.5 Å². The molecule has 1 fully saturated rings. The van der Waals surface area contributed by atoms with Crippen molar-refractivity contribution in [1.29, 1.82) is 5.26 Å². The molecule has 0 amide bonds. The van der Waals surface area contributed by atoms with E-state index in [-0.39, 0.29) is 17.2 Å². The summed E-state index contributed by atoms with van der Waals surface area (Å²) < 4.78 is 26.3. The second-order valence-corrected chi connectivity index (χ2v) is 6.46. The fourth-order valence-corrected chi connectivity index (χ4v) is 3.28. The number of nitro groups is 1. The highest BCUT2D eigenvalue weighted by atomic mass is 32.2. The van der Waals surface area contributed by atoms with E-state index in [4.69, 9.17) is 5.26 Å². The van der Waals surface area contributed by atoms with Crippen LogP contribution >= 0.6 is 0 Å². The summed E-state index contributed by atoms with van der Waals surface area (Å²) in [7, 11) is -3.78. The average Bonchev–Trinajstić information content (AvgIpc) is 3.20. The molecule has 8 heteroatoms. The minimum Gasteiger partial charge on any atom is -0.258 e. The van der Waals surface area contributed by atoms with Crippen molar-refractivity contribution in [1.82, 2.24) is 4.72 Å². The van der Waals surface area contributed by atoms with Gasteiger partial charge in [-0.25, -0.2) is 8.42 Å². The summed E-state index contributed by atoms with van der Waals surface area (Å²) >= 11 is 0. The third kappa shape index (κ3) is 3.53. The summed E-state index contributed by atoms with van der Waals surface area (Å²) in [6, 6.07) is 6.85. The van der Waals surface area contributed by atoms with E-state index >= 15 is 0 Å². The van der Waals surface area contributed by atoms with Gasteiger partial charge in [-0.2, -0.15) is 9.98 Å². The zero-order valence-electron chi connectivity index (χ0n) is 10.5. The highest BCUT2D eigenvalue weighted by molar-refractivity contribution is 7.88. The summed E-state index contributed by atoms with van der Waals surface area (Å²) in [5, 5.41) is 19.8. The van der Waals surface area contributed by atoms with E-state index in [1.54, 1.807) is 6.07 Å². The SMILES string of the molecule is N#CC(NS(=O)(=O)Cc1ccccc1[N+](=O)[O-])C1CC1. The maximum Gasteiger partial charge on any atom is 0.273 e. The molecule has 0 spiro atoms. The molecular formula is C12H13N3O4S. The lowest BCUT2D eigenvalue weighted by Crippen LogP contribution is -2.36. The number of nitrogens with zero attached hydrogens (tertiary/aromatic N) is 2. The summed E-state index contributed by atoms with van der Waals surface area (Å²) in [5.41, 5.74) is -0.129. The Kier molecular flexibility index (Phi) is 4.01. The Bertz CT molecular complexity index is 662. The predicted octanol–water partition coefficient (Wildman–Crippen LogP) is 1.32. The smallest absolute Gasteiger partial charge is 0.258 e. The Morgan fingerprint density at radius 2 is 2.10 bits per heavy atom. The fraction of sp³-hybridized carbons (Fsp3) is 0.417. The highest BCUT2D eigenvalue weighted by Crippen LogP contribution is 2.32. The van der Waals surface area contributed by atoms with Gasteiger partial charge in [0.2, 0.25) is 10.0 Å². The first-order chi connectivity index (χ1) is 9.43. The van der Waals surface area contributed by atoms with Gasteiger partial charge < -0.3 is 0 Å². The number of hydrogen-bond acceptors (Lipinski definition) is 5. The quantitative estimate of drug-likeness (QED) is 0.628. The maximum atomic E-state index is 12.0. The summed E-state index contributed by atoms with van der Waals surface area (Å²) in [4.78, 5) is 10.2. The molecule has 1 aliphatic carbocycles. The third-order valence-corrected chi connectivity index (χ3v) is 4.38. The van der Waals surface area contributed by atoms with E-state index in [1.165, 1.54) is 18.2 Å². The van der Waals surface area contributed by atoms with Crippen LogP contribution in [0.5, 0.6) is 0 Å². The molecular weight excluding hydrogens is 282 g/mol. The zero-order valence-corrected chi connectivity index (χ0v) is 11.3. The number of hydrogen-bond donors (Lipinski definition) is 1. The summed E-state index contributed by atoms with van der Waals surface area (Å²) in [6.45, 7) is 0. The molecule has 1 saturated carbocycles. The Morgan fingerprint density at radius 1 is 1.45 bits per heavy atom. The van der Waals surface area contributed by atoms with Gasteiger partial charge in [-0.15, -0.1) is 0 Å². The number of nitro benzene ring substituents is 1. The van der Waals surface area contributed by atoms with Gasteiger partial charge in [0.25, 0.3) is 5.69 Å². The van der Waals surface area contributed by atoms with Gasteiger partial charge in [-0.1, -0.05) is 18.2 Å². The van der Waals surface area contributed by atoms with E-state index in [1.807, 2.05) is 6.07 Å². The van der Waals surface area contributed by atoms with Gasteiger partial charge in [-0.05, 0) is 18.8 Å². The van der Waals surface area contributed by atoms with E-state index in [0.717, 1.165) is 12.8 Å². The molecule has 0 aliphatic heterocycles. The molecule has 7 nitrogen and oxygen atoms in total. The van der Waals surface area contributed by atoms with Crippen molar-refractivity contribution in [3.05, 3.63) is 39.9 Å². The molecule has 0 bridgehead atoms. The minimum atomic E-state index is -3.78. The van der Waals surface area contributed by atoms with Crippen LogP contribution in [0.1, 0.15) is 18.4 Å². The van der Waals surface area contributed by atoms with Crippen LogP contribution in [-0.4, -0.2) is 19.4 Å². The molecule has 1 N–H and O–H groups in total. The monoisotopic (exact) mass is 295 g/mol. The Morgan fingerprint density at radius 3 is 2.65 bits per heavy atom. The average molecular weight is 295 g/mol. The fourth-order valence-electron chi connectivity index (χ4n) is 1.91. The van der Waals surface area contributed by atoms with Crippen LogP contribution in [0.25, 0.3) is 0 Å². The molecule has 0 radical (unpaired) electrons. The zero-order chi connectivity index (χ0) is 14.8. The predicted molar refractivity (Wildman–Crippen MR) is 71.0 cm³/mol. The molecule has 1 unspecified atom stereocenters. The van der Waals surface area contributed by atoms with Gasteiger partial charge in [0.05, 0.1) is 16.7 Å². The Hall–Kier alpha value is -1.98. The van der Waals surface area contributed by atoms with Gasteiger partial charge in [0.15, 0.2) is 0 Å². The van der Waals surface area contributed by atoms with Gasteiger partial charge in [-0.3, -0.25) is 10.1 Å². The normalized spacial score (nSPS) is 16.4. The van der Waals surface area contributed by atoms with Crippen molar-refractivity contribution in [2.75, 3.05) is 0 Å². The Balaban J connectivity index is 2.16. The standard InChI is InChI=1S/C12H13N3O4S/c13-7-11(9-5-6-9)14-20(18,19)8-10-3-1-2-4-12(10)15(16)17/h1-4,9,11,14H,5-6,8H2. The molecule has 20 heavy (non-hydrogen) atoms. The molecule has 0 aromatic heterocycles. The van der Waals surface area contributed by atoms with Crippen molar-refractivity contribution in [2.45, 2.75) is 24.6 Å². The van der Waals surface area contributed by atoms with Crippen LogP contribution in [0, 0.1) is 27.4 Å². The second-order valence-electron chi connectivity index (χ2n) is 4.71. The molecule has 0 heterocycles. The first-order valence-corrected chi connectivity index (χ1v) is 7.70. The number of para-hydroxylation sites is 1. The van der Waals surface area contributed by atoms with Crippen LogP contribution in [-0.2, 0) is 15.8 Å². The van der Waals surface area contributed by atoms with Gasteiger partial charge in [0.1, 0.15) is 6.04 Å². The highest BCUT2D eigenvalue weighted by Gasteiger charge is 2.34. The van der Waals surface area contributed by atoms with Crippen molar-refractivity contribution in [2.24, 2.45) is 5.92 Å². The first kappa shape index (κ1) is 14.4. The molecule has 2 rings (SSSR count). The molecule has 1 aromatic rings. The molecule has 1 aromatic carbocycles. The van der Waals surface area contributed by atoms with E-state index in [2.05, 4.69) is 4.72 Å². The number of nitrogens with one attached hydrogen (secondary N) is 1. The lowest BCUT2D eigenvalue weighted by atomic mass is 10.2. The summed E-state index contributed by atoms with van der Waals surface area (Å²) in [6.07, 6.45) is 1.65. The largest absolute Gasteiger partial charge is 0.273 e. The minimum absolute atomic E-state index is 0.0561. The van der Waals surface area contributed by atoms with Crippen molar-refractivity contribution in [3.8, 4) is 6.07 Å². The van der Waals surface area contributed by atoms with Crippen molar-refractivity contribution in [3.63, 3.8) is 0 Å². The molecule has 1 aliphatic rings. The van der Waals surface area contributed by atoms with Crippen LogP contribution in [0.15, 0.2) is 24.3 Å². The van der Waals surface area contributed by atoms with Crippen LogP contribution in [0.3, 0.4) is 0 Å². The first-order valence-electron chi connectivity index (χ1n) is 6.05. The van der Waals surface area contributed by atoms with Crippen LogP contribution in [0.2, 0.25) is 0 Å². The number of nitriles is 1. The molecule has 1 atom stereocenters.